The highest BCUT2D eigenvalue weighted by Gasteiger charge is 2.39. The molecule has 3 rings (SSSR count). The lowest BCUT2D eigenvalue weighted by atomic mass is 9.82. The molecule has 2 atom stereocenters. The summed E-state index contributed by atoms with van der Waals surface area (Å²) >= 11 is 0. The molecule has 2 bridgehead atoms. The van der Waals surface area contributed by atoms with Crippen LogP contribution in [0.3, 0.4) is 0 Å². The van der Waals surface area contributed by atoms with Crippen LogP contribution in [0.4, 0.5) is 0 Å². The molecule has 0 aromatic carbocycles. The van der Waals surface area contributed by atoms with Gasteiger partial charge in [0, 0.05) is 12.6 Å². The van der Waals surface area contributed by atoms with Gasteiger partial charge in [0.25, 0.3) is 0 Å². The number of hydrogen-bond donors (Lipinski definition) is 1. The zero-order valence-corrected chi connectivity index (χ0v) is 10.2. The number of likely N-dealkylation sites (N-methyl/N-ethyl adjacent to an activating group) is 1. The van der Waals surface area contributed by atoms with Crippen molar-refractivity contribution in [2.75, 3.05) is 26.7 Å². The third kappa shape index (κ3) is 2.09. The van der Waals surface area contributed by atoms with E-state index >= 15 is 0 Å². The van der Waals surface area contributed by atoms with Crippen molar-refractivity contribution in [1.82, 2.24) is 9.80 Å². The van der Waals surface area contributed by atoms with Gasteiger partial charge in [-0.15, -0.1) is 0 Å². The molecule has 0 amide bonds. The normalized spacial score (nSPS) is 35.3. The fraction of sp³-hybridized carbons (Fsp3) is 0.917. The molecule has 92 valence electrons. The lowest BCUT2D eigenvalue weighted by Crippen LogP contribution is -2.59. The van der Waals surface area contributed by atoms with Gasteiger partial charge in [-0.3, -0.25) is 9.69 Å². The topological polar surface area (TPSA) is 43.8 Å². The van der Waals surface area contributed by atoms with Gasteiger partial charge in [-0.1, -0.05) is 6.92 Å². The van der Waals surface area contributed by atoms with E-state index in [-0.39, 0.29) is 6.04 Å². The Bertz CT molecular complexity index is 262. The van der Waals surface area contributed by atoms with Gasteiger partial charge >= 0.3 is 5.97 Å². The van der Waals surface area contributed by atoms with Crippen LogP contribution in [-0.4, -0.2) is 59.6 Å². The standard InChI is InChI=1S/C12H22N2O2/c1-3-10(12(15)16)13(2)11-8-14-6-4-9(11)5-7-14/h9-11H,3-8H2,1-2H3,(H,15,16). The minimum Gasteiger partial charge on any atom is -0.480 e. The summed E-state index contributed by atoms with van der Waals surface area (Å²) in [5, 5.41) is 9.19. The highest BCUT2D eigenvalue weighted by atomic mass is 16.4. The first kappa shape index (κ1) is 11.9. The largest absolute Gasteiger partial charge is 0.480 e. The molecule has 0 saturated carbocycles. The molecule has 1 N–H and O–H groups in total. The predicted octanol–water partition coefficient (Wildman–Crippen LogP) is 0.876. The molecule has 2 unspecified atom stereocenters. The highest BCUT2D eigenvalue weighted by molar-refractivity contribution is 5.73. The van der Waals surface area contributed by atoms with Crippen LogP contribution >= 0.6 is 0 Å². The number of carboxylic acids is 1. The van der Waals surface area contributed by atoms with Gasteiger partial charge in [0.05, 0.1) is 0 Å². The molecule has 4 heteroatoms. The molecule has 0 aliphatic carbocycles. The number of fused-ring (bicyclic) bond motifs is 3. The third-order valence-electron chi connectivity index (χ3n) is 4.31. The van der Waals surface area contributed by atoms with Crippen molar-refractivity contribution in [3.05, 3.63) is 0 Å². The van der Waals surface area contributed by atoms with Crippen LogP contribution in [0.15, 0.2) is 0 Å². The Morgan fingerprint density at radius 1 is 1.50 bits per heavy atom. The van der Waals surface area contributed by atoms with Crippen LogP contribution in [0.1, 0.15) is 26.2 Å². The van der Waals surface area contributed by atoms with Crippen LogP contribution in [0, 0.1) is 5.92 Å². The van der Waals surface area contributed by atoms with Gasteiger partial charge in [0.15, 0.2) is 0 Å². The Balaban J connectivity index is 2.03. The number of rotatable bonds is 4. The molecule has 4 nitrogen and oxygen atoms in total. The lowest BCUT2D eigenvalue weighted by Gasteiger charge is -2.49. The van der Waals surface area contributed by atoms with Gasteiger partial charge < -0.3 is 10.0 Å². The minimum atomic E-state index is -0.679. The molecule has 0 aromatic heterocycles. The van der Waals surface area contributed by atoms with Crippen LogP contribution in [-0.2, 0) is 4.79 Å². The van der Waals surface area contributed by atoms with Crippen molar-refractivity contribution >= 4 is 5.97 Å². The second-order valence-electron chi connectivity index (χ2n) is 5.13. The molecule has 0 spiro atoms. The lowest BCUT2D eigenvalue weighted by molar-refractivity contribution is -0.145. The van der Waals surface area contributed by atoms with E-state index in [1.807, 2.05) is 14.0 Å². The summed E-state index contributed by atoms with van der Waals surface area (Å²) in [5.74, 6) is 0.0323. The zero-order valence-electron chi connectivity index (χ0n) is 10.2. The second kappa shape index (κ2) is 4.72. The number of piperidine rings is 3. The molecule has 3 aliphatic heterocycles. The summed E-state index contributed by atoms with van der Waals surface area (Å²) in [4.78, 5) is 15.7. The number of carboxylic acid groups (broad SMARTS) is 1. The van der Waals surface area contributed by atoms with Crippen molar-refractivity contribution in [2.45, 2.75) is 38.3 Å². The summed E-state index contributed by atoms with van der Waals surface area (Å²) in [6, 6.07) is 0.133. The number of carbonyl (C=O) groups is 1. The van der Waals surface area contributed by atoms with Crippen molar-refractivity contribution in [3.8, 4) is 0 Å². The number of hydrogen-bond acceptors (Lipinski definition) is 3. The summed E-state index contributed by atoms with van der Waals surface area (Å²) in [6.45, 7) is 5.43. The summed E-state index contributed by atoms with van der Waals surface area (Å²) in [7, 11) is 1.98. The summed E-state index contributed by atoms with van der Waals surface area (Å²) < 4.78 is 0. The fourth-order valence-corrected chi connectivity index (χ4v) is 3.26. The van der Waals surface area contributed by atoms with Crippen molar-refractivity contribution in [3.63, 3.8) is 0 Å². The van der Waals surface area contributed by atoms with Gasteiger partial charge in [0.1, 0.15) is 6.04 Å². The average molecular weight is 226 g/mol. The molecule has 3 saturated heterocycles. The molecule has 3 fully saturated rings. The number of nitrogens with zero attached hydrogens (tertiary/aromatic N) is 2. The van der Waals surface area contributed by atoms with Crippen molar-refractivity contribution < 1.29 is 9.90 Å². The molecule has 3 heterocycles. The highest BCUT2D eigenvalue weighted by Crippen LogP contribution is 2.31. The second-order valence-corrected chi connectivity index (χ2v) is 5.13. The minimum absolute atomic E-state index is 0.314. The van der Waals surface area contributed by atoms with Gasteiger partial charge in [-0.2, -0.15) is 0 Å². The maximum atomic E-state index is 11.2. The smallest absolute Gasteiger partial charge is 0.320 e. The molecular weight excluding hydrogens is 204 g/mol. The third-order valence-corrected chi connectivity index (χ3v) is 4.31. The maximum Gasteiger partial charge on any atom is 0.320 e. The van der Waals surface area contributed by atoms with E-state index in [2.05, 4.69) is 9.80 Å². The Morgan fingerprint density at radius 2 is 2.12 bits per heavy atom. The van der Waals surface area contributed by atoms with Crippen LogP contribution in [0.2, 0.25) is 0 Å². The maximum absolute atomic E-state index is 11.2. The summed E-state index contributed by atoms with van der Waals surface area (Å²) in [6.07, 6.45) is 3.17. The van der Waals surface area contributed by atoms with Gasteiger partial charge in [0.2, 0.25) is 0 Å². The van der Waals surface area contributed by atoms with Gasteiger partial charge in [-0.05, 0) is 45.3 Å². The fourth-order valence-electron chi connectivity index (χ4n) is 3.26. The van der Waals surface area contributed by atoms with Gasteiger partial charge in [-0.25, -0.2) is 0 Å². The SMILES string of the molecule is CCC(C(=O)O)N(C)C1CN2CCC1CC2. The molecule has 16 heavy (non-hydrogen) atoms. The van der Waals surface area contributed by atoms with Crippen LogP contribution in [0.5, 0.6) is 0 Å². The molecule has 0 radical (unpaired) electrons. The average Bonchev–Trinajstić information content (AvgIpc) is 2.30. The van der Waals surface area contributed by atoms with E-state index in [0.29, 0.717) is 18.4 Å². The molecule has 3 aliphatic rings. The Kier molecular flexibility index (Phi) is 3.50. The van der Waals surface area contributed by atoms with Crippen LogP contribution in [0.25, 0.3) is 0 Å². The Hall–Kier alpha value is -0.610. The first-order valence-corrected chi connectivity index (χ1v) is 6.30. The molecular formula is C12H22N2O2. The van der Waals surface area contributed by atoms with E-state index in [0.717, 1.165) is 6.54 Å². The monoisotopic (exact) mass is 226 g/mol. The van der Waals surface area contributed by atoms with Crippen molar-refractivity contribution in [2.24, 2.45) is 5.92 Å². The first-order chi connectivity index (χ1) is 7.63. The summed E-state index contributed by atoms with van der Waals surface area (Å²) in [5.41, 5.74) is 0. The van der Waals surface area contributed by atoms with Crippen molar-refractivity contribution in [1.29, 1.82) is 0 Å². The van der Waals surface area contributed by atoms with E-state index in [9.17, 15) is 9.90 Å². The Labute approximate surface area is 97.2 Å². The van der Waals surface area contributed by atoms with E-state index in [4.69, 9.17) is 0 Å². The van der Waals surface area contributed by atoms with Crippen LogP contribution < -0.4 is 0 Å². The molecule has 0 aromatic rings. The Morgan fingerprint density at radius 3 is 2.50 bits per heavy atom. The van der Waals surface area contributed by atoms with E-state index < -0.39 is 5.97 Å². The first-order valence-electron chi connectivity index (χ1n) is 6.30. The zero-order chi connectivity index (χ0) is 11.7. The number of aliphatic carboxylic acids is 1. The quantitative estimate of drug-likeness (QED) is 0.772. The predicted molar refractivity (Wildman–Crippen MR) is 62.4 cm³/mol. The van der Waals surface area contributed by atoms with E-state index in [1.54, 1.807) is 0 Å². The van der Waals surface area contributed by atoms with E-state index in [1.165, 1.54) is 25.9 Å².